The van der Waals surface area contributed by atoms with Crippen LogP contribution in [0.25, 0.3) is 11.1 Å². The normalized spacial score (nSPS) is 18.9. The molecule has 0 unspecified atom stereocenters. The molecule has 39 heavy (non-hydrogen) atoms. The molecular formula is C30H31FN4O4. The van der Waals surface area contributed by atoms with Crippen molar-refractivity contribution >= 4 is 18.4 Å². The standard InChI is InChI=1S/C30H31FN4O4/c1-18-23(7-9-27(35-18)38-13-3-2-11-33-34-12-10-32)19-4-8-26(31)21(14-19)17-39-22-5-6-24-20(15-22)16-25-28(24)29(25)30(36)37/h4-10,12,14-15,25,28-29,32-33H,2-3,11,13,16-17H2,1H3,(H,36,37)/b32-10?,34-12-/t25-,28+,29+/m1/s1. The first-order chi connectivity index (χ1) is 19.0. The van der Waals surface area contributed by atoms with E-state index in [2.05, 4.69) is 15.5 Å². The van der Waals surface area contributed by atoms with Gasteiger partial charge in [-0.2, -0.15) is 5.10 Å². The van der Waals surface area contributed by atoms with E-state index in [1.165, 1.54) is 12.3 Å². The monoisotopic (exact) mass is 530 g/mol. The molecule has 3 aromatic rings. The lowest BCUT2D eigenvalue weighted by Gasteiger charge is -2.13. The van der Waals surface area contributed by atoms with Gasteiger partial charge in [0.15, 0.2) is 0 Å². The molecule has 2 aliphatic carbocycles. The number of carboxylic acid groups (broad SMARTS) is 1. The molecule has 9 heteroatoms. The van der Waals surface area contributed by atoms with E-state index in [9.17, 15) is 14.3 Å². The van der Waals surface area contributed by atoms with E-state index >= 15 is 0 Å². The molecule has 3 atom stereocenters. The Morgan fingerprint density at radius 2 is 2.08 bits per heavy atom. The van der Waals surface area contributed by atoms with Crippen molar-refractivity contribution in [2.75, 3.05) is 13.2 Å². The predicted molar refractivity (Wildman–Crippen MR) is 146 cm³/mol. The fourth-order valence-corrected chi connectivity index (χ4v) is 5.39. The van der Waals surface area contributed by atoms with Crippen molar-refractivity contribution < 1.29 is 23.8 Å². The molecular weight excluding hydrogens is 499 g/mol. The summed E-state index contributed by atoms with van der Waals surface area (Å²) >= 11 is 0. The highest BCUT2D eigenvalue weighted by Crippen LogP contribution is 2.61. The number of fused-ring (bicyclic) bond motifs is 3. The van der Waals surface area contributed by atoms with Crippen LogP contribution in [0, 0.1) is 30.0 Å². The van der Waals surface area contributed by atoms with Gasteiger partial charge in [-0.15, -0.1) is 0 Å². The summed E-state index contributed by atoms with van der Waals surface area (Å²) in [6, 6.07) is 14.5. The zero-order valence-electron chi connectivity index (χ0n) is 21.7. The predicted octanol–water partition coefficient (Wildman–Crippen LogP) is 5.13. The van der Waals surface area contributed by atoms with Gasteiger partial charge in [0.25, 0.3) is 0 Å². The number of unbranched alkanes of at least 4 members (excludes halogenated alkanes) is 1. The van der Waals surface area contributed by atoms with Crippen LogP contribution in [-0.4, -0.2) is 41.6 Å². The van der Waals surface area contributed by atoms with Crippen LogP contribution in [0.3, 0.4) is 0 Å². The van der Waals surface area contributed by atoms with E-state index in [0.717, 1.165) is 53.4 Å². The second kappa shape index (κ2) is 11.6. The molecule has 0 radical (unpaired) electrons. The molecule has 202 valence electrons. The minimum atomic E-state index is -0.717. The Morgan fingerprint density at radius 1 is 1.21 bits per heavy atom. The van der Waals surface area contributed by atoms with Crippen LogP contribution in [0.4, 0.5) is 4.39 Å². The second-order valence-electron chi connectivity index (χ2n) is 9.90. The second-order valence-corrected chi connectivity index (χ2v) is 9.90. The van der Waals surface area contributed by atoms with Crippen molar-refractivity contribution in [2.24, 2.45) is 16.9 Å². The number of pyridine rings is 1. The number of hydrazone groups is 1. The summed E-state index contributed by atoms with van der Waals surface area (Å²) in [4.78, 5) is 15.9. The number of benzene rings is 2. The van der Waals surface area contributed by atoms with E-state index in [1.54, 1.807) is 12.1 Å². The maximum absolute atomic E-state index is 14.6. The quantitative estimate of drug-likeness (QED) is 0.160. The summed E-state index contributed by atoms with van der Waals surface area (Å²) in [5, 5.41) is 20.0. The fourth-order valence-electron chi connectivity index (χ4n) is 5.39. The minimum absolute atomic E-state index is 0.0816. The average Bonchev–Trinajstić information content (AvgIpc) is 3.52. The lowest BCUT2D eigenvalue weighted by atomic mass is 10.0. The summed E-state index contributed by atoms with van der Waals surface area (Å²) in [7, 11) is 0. The Kier molecular flexibility index (Phi) is 7.86. The number of aromatic nitrogens is 1. The number of nitrogens with zero attached hydrogens (tertiary/aromatic N) is 2. The van der Waals surface area contributed by atoms with Gasteiger partial charge in [0, 0.05) is 41.6 Å². The number of nitrogens with one attached hydrogen (secondary N) is 2. The van der Waals surface area contributed by atoms with Gasteiger partial charge >= 0.3 is 5.97 Å². The molecule has 1 fully saturated rings. The van der Waals surface area contributed by atoms with Gasteiger partial charge in [-0.25, -0.2) is 9.37 Å². The van der Waals surface area contributed by atoms with Gasteiger partial charge in [0.05, 0.1) is 18.7 Å². The summed E-state index contributed by atoms with van der Waals surface area (Å²) in [5.74, 6) is 0.195. The van der Waals surface area contributed by atoms with Gasteiger partial charge in [-0.05, 0) is 79.1 Å². The van der Waals surface area contributed by atoms with E-state index in [0.29, 0.717) is 30.3 Å². The lowest BCUT2D eigenvalue weighted by molar-refractivity contribution is -0.139. The molecule has 5 rings (SSSR count). The number of halogens is 1. The first-order valence-electron chi connectivity index (χ1n) is 13.1. The molecule has 3 N–H and O–H groups in total. The molecule has 1 saturated carbocycles. The molecule has 0 aliphatic heterocycles. The van der Waals surface area contributed by atoms with Crippen LogP contribution in [0.1, 0.15) is 41.1 Å². The number of ether oxygens (including phenoxy) is 2. The first kappa shape index (κ1) is 26.3. The first-order valence-corrected chi connectivity index (χ1v) is 13.1. The zero-order valence-corrected chi connectivity index (χ0v) is 21.7. The van der Waals surface area contributed by atoms with Gasteiger partial charge in [-0.3, -0.25) is 4.79 Å². The van der Waals surface area contributed by atoms with Gasteiger partial charge < -0.3 is 25.4 Å². The maximum Gasteiger partial charge on any atom is 0.307 e. The number of aryl methyl sites for hydroxylation is 1. The molecule has 1 heterocycles. The molecule has 0 saturated heterocycles. The van der Waals surface area contributed by atoms with Gasteiger partial charge in [0.1, 0.15) is 18.2 Å². The third-order valence-corrected chi connectivity index (χ3v) is 7.37. The SMILES string of the molecule is Cc1nc(OCCCCN/N=C\C=N)ccc1-c1ccc(F)c(COc2ccc3c(c2)C[C@H]2[C@H](C(=O)O)[C@@H]32)c1. The molecule has 0 bridgehead atoms. The minimum Gasteiger partial charge on any atom is -0.489 e. The molecule has 0 spiro atoms. The molecule has 2 aromatic carbocycles. The Labute approximate surface area is 226 Å². The topological polar surface area (TPSA) is 117 Å². The van der Waals surface area contributed by atoms with Gasteiger partial charge in [-0.1, -0.05) is 12.1 Å². The van der Waals surface area contributed by atoms with E-state index in [1.807, 2.05) is 37.3 Å². The van der Waals surface area contributed by atoms with Crippen molar-refractivity contribution in [1.29, 1.82) is 5.41 Å². The Morgan fingerprint density at radius 3 is 2.87 bits per heavy atom. The highest BCUT2D eigenvalue weighted by molar-refractivity contribution is 6.14. The number of hydrogen-bond acceptors (Lipinski definition) is 7. The lowest BCUT2D eigenvalue weighted by Crippen LogP contribution is -2.09. The van der Waals surface area contributed by atoms with Crippen molar-refractivity contribution in [2.45, 2.75) is 38.7 Å². The molecule has 0 amide bonds. The van der Waals surface area contributed by atoms with Crippen molar-refractivity contribution in [3.8, 4) is 22.8 Å². The van der Waals surface area contributed by atoms with E-state index in [4.69, 9.17) is 14.9 Å². The summed E-state index contributed by atoms with van der Waals surface area (Å²) in [5.41, 5.74) is 8.05. The highest BCUT2D eigenvalue weighted by Gasteiger charge is 2.59. The number of carboxylic acids is 1. The number of hydrogen-bond donors (Lipinski definition) is 3. The largest absolute Gasteiger partial charge is 0.489 e. The Hall–Kier alpha value is -4.27. The average molecular weight is 531 g/mol. The zero-order chi connectivity index (χ0) is 27.4. The van der Waals surface area contributed by atoms with Crippen LogP contribution in [0.15, 0.2) is 53.6 Å². The summed E-state index contributed by atoms with van der Waals surface area (Å²) in [6.45, 7) is 3.22. The fraction of sp³-hybridized carbons (Fsp3) is 0.333. The third kappa shape index (κ3) is 5.92. The Balaban J connectivity index is 1.17. The van der Waals surface area contributed by atoms with Gasteiger partial charge in [0.2, 0.25) is 5.88 Å². The smallest absolute Gasteiger partial charge is 0.307 e. The van der Waals surface area contributed by atoms with Crippen LogP contribution in [0.2, 0.25) is 0 Å². The van der Waals surface area contributed by atoms with Crippen LogP contribution < -0.4 is 14.9 Å². The number of rotatable bonds is 13. The third-order valence-electron chi connectivity index (χ3n) is 7.37. The molecule has 2 aliphatic rings. The summed E-state index contributed by atoms with van der Waals surface area (Å²) < 4.78 is 26.4. The summed E-state index contributed by atoms with van der Waals surface area (Å²) in [6.07, 6.45) is 4.97. The van der Waals surface area contributed by atoms with E-state index in [-0.39, 0.29) is 30.2 Å². The number of aliphatic carboxylic acids is 1. The van der Waals surface area contributed by atoms with Crippen molar-refractivity contribution in [1.82, 2.24) is 10.4 Å². The van der Waals surface area contributed by atoms with Crippen molar-refractivity contribution in [3.05, 3.63) is 76.7 Å². The molecule has 8 nitrogen and oxygen atoms in total. The molecule has 1 aromatic heterocycles. The number of carbonyl (C=O) groups is 1. The van der Waals surface area contributed by atoms with Crippen LogP contribution in [0.5, 0.6) is 11.6 Å². The van der Waals surface area contributed by atoms with Crippen LogP contribution >= 0.6 is 0 Å². The Bertz CT molecular complexity index is 1410. The van der Waals surface area contributed by atoms with E-state index < -0.39 is 5.97 Å². The highest BCUT2D eigenvalue weighted by atomic mass is 19.1. The van der Waals surface area contributed by atoms with Crippen LogP contribution in [-0.2, 0) is 17.8 Å². The maximum atomic E-state index is 14.6. The van der Waals surface area contributed by atoms with Crippen molar-refractivity contribution in [3.63, 3.8) is 0 Å².